The van der Waals surface area contributed by atoms with Gasteiger partial charge in [-0.2, -0.15) is 0 Å². The van der Waals surface area contributed by atoms with Gasteiger partial charge in [-0.3, -0.25) is 0 Å². The predicted molar refractivity (Wildman–Crippen MR) is 65.9 cm³/mol. The van der Waals surface area contributed by atoms with Gasteiger partial charge in [-0.25, -0.2) is 0 Å². The lowest BCUT2D eigenvalue weighted by atomic mass is 9.75. The van der Waals surface area contributed by atoms with Crippen molar-refractivity contribution in [2.24, 2.45) is 17.3 Å². The van der Waals surface area contributed by atoms with Gasteiger partial charge >= 0.3 is 0 Å². The predicted octanol–water partition coefficient (Wildman–Crippen LogP) is 3.32. The van der Waals surface area contributed by atoms with Gasteiger partial charge in [0.2, 0.25) is 0 Å². The molecule has 1 heterocycles. The lowest BCUT2D eigenvalue weighted by Crippen LogP contribution is -2.36. The molecule has 2 aliphatic rings. The van der Waals surface area contributed by atoms with Gasteiger partial charge in [0.25, 0.3) is 0 Å². The zero-order valence-electron chi connectivity index (χ0n) is 10.6. The first kappa shape index (κ1) is 11.2. The molecule has 1 saturated carbocycles. The van der Waals surface area contributed by atoms with E-state index in [1.807, 2.05) is 0 Å². The van der Waals surface area contributed by atoms with Crippen LogP contribution >= 0.6 is 0 Å². The summed E-state index contributed by atoms with van der Waals surface area (Å²) in [5.41, 5.74) is 2.17. The molecule has 0 aromatic heterocycles. The molecule has 1 spiro atoms. The smallest absolute Gasteiger partial charge is 0.00164 e. The van der Waals surface area contributed by atoms with Crippen LogP contribution in [-0.4, -0.2) is 25.0 Å². The minimum absolute atomic E-state index is 0.637. The van der Waals surface area contributed by atoms with E-state index < -0.39 is 0 Å². The molecule has 0 bridgehead atoms. The summed E-state index contributed by atoms with van der Waals surface area (Å²) in [6.07, 6.45) is 5.51. The van der Waals surface area contributed by atoms with Gasteiger partial charge < -0.3 is 4.90 Å². The number of hydrogen-bond acceptors (Lipinski definition) is 1. The van der Waals surface area contributed by atoms with E-state index in [1.165, 1.54) is 44.3 Å². The fourth-order valence-corrected chi connectivity index (χ4v) is 3.48. The molecule has 1 unspecified atom stereocenters. The van der Waals surface area contributed by atoms with Gasteiger partial charge in [0.1, 0.15) is 0 Å². The van der Waals surface area contributed by atoms with Crippen molar-refractivity contribution in [1.29, 1.82) is 0 Å². The summed E-state index contributed by atoms with van der Waals surface area (Å²) in [6.45, 7) is 11.6. The normalized spacial score (nSPS) is 31.7. The van der Waals surface area contributed by atoms with E-state index in [9.17, 15) is 0 Å². The highest BCUT2D eigenvalue weighted by Crippen LogP contribution is 2.52. The van der Waals surface area contributed by atoms with E-state index in [4.69, 9.17) is 0 Å². The molecule has 1 heteroatoms. The topological polar surface area (TPSA) is 3.24 Å². The Morgan fingerprint density at radius 1 is 1.33 bits per heavy atom. The Bertz CT molecular complexity index is 246. The van der Waals surface area contributed by atoms with E-state index in [0.717, 1.165) is 11.8 Å². The molecule has 1 aliphatic heterocycles. The highest BCUT2D eigenvalue weighted by atomic mass is 15.1. The lowest BCUT2D eigenvalue weighted by Gasteiger charge is -2.38. The molecule has 0 N–H and O–H groups in total. The molecule has 1 saturated heterocycles. The first-order valence-corrected chi connectivity index (χ1v) is 6.39. The second-order valence-corrected chi connectivity index (χ2v) is 6.19. The zero-order chi connectivity index (χ0) is 11.1. The monoisotopic (exact) mass is 207 g/mol. The molecule has 15 heavy (non-hydrogen) atoms. The Hall–Kier alpha value is -0.300. The van der Waals surface area contributed by atoms with Crippen molar-refractivity contribution in [1.82, 2.24) is 4.90 Å². The molecular formula is C14H25N. The average Bonchev–Trinajstić information content (AvgIpc) is 2.50. The minimum atomic E-state index is 0.637. The standard InChI is InChI=1S/C14H25N/c1-11(2)13-10-14(9-12(13)3)5-7-15(4)8-6-14/h11,13H,3,5-10H2,1-2,4H3. The first-order valence-electron chi connectivity index (χ1n) is 6.39. The van der Waals surface area contributed by atoms with E-state index >= 15 is 0 Å². The summed E-state index contributed by atoms with van der Waals surface area (Å²) in [7, 11) is 2.25. The summed E-state index contributed by atoms with van der Waals surface area (Å²) in [5.74, 6) is 1.59. The third kappa shape index (κ3) is 2.13. The maximum atomic E-state index is 4.31. The van der Waals surface area contributed by atoms with Crippen molar-refractivity contribution in [2.45, 2.75) is 39.5 Å². The fourth-order valence-electron chi connectivity index (χ4n) is 3.48. The number of likely N-dealkylation sites (tertiary alicyclic amines) is 1. The van der Waals surface area contributed by atoms with Crippen LogP contribution in [0.3, 0.4) is 0 Å². The second kappa shape index (κ2) is 3.93. The van der Waals surface area contributed by atoms with Crippen molar-refractivity contribution < 1.29 is 0 Å². The molecule has 86 valence electrons. The fraction of sp³-hybridized carbons (Fsp3) is 0.857. The molecule has 0 amide bonds. The lowest BCUT2D eigenvalue weighted by molar-refractivity contribution is 0.121. The van der Waals surface area contributed by atoms with Crippen molar-refractivity contribution in [3.8, 4) is 0 Å². The Morgan fingerprint density at radius 2 is 1.93 bits per heavy atom. The summed E-state index contributed by atoms with van der Waals surface area (Å²) in [5, 5.41) is 0. The van der Waals surface area contributed by atoms with Gasteiger partial charge in [-0.15, -0.1) is 0 Å². The molecule has 2 fully saturated rings. The quantitative estimate of drug-likeness (QED) is 0.596. The largest absolute Gasteiger partial charge is 0.306 e. The van der Waals surface area contributed by atoms with Crippen LogP contribution in [0.25, 0.3) is 0 Å². The Morgan fingerprint density at radius 3 is 2.40 bits per heavy atom. The van der Waals surface area contributed by atoms with Crippen LogP contribution in [-0.2, 0) is 0 Å². The molecule has 1 aliphatic carbocycles. The molecular weight excluding hydrogens is 182 g/mol. The van der Waals surface area contributed by atoms with Crippen LogP contribution in [0.1, 0.15) is 39.5 Å². The summed E-state index contributed by atoms with van der Waals surface area (Å²) < 4.78 is 0. The molecule has 2 rings (SSSR count). The van der Waals surface area contributed by atoms with Crippen LogP contribution in [0, 0.1) is 17.3 Å². The van der Waals surface area contributed by atoms with Crippen molar-refractivity contribution in [3.05, 3.63) is 12.2 Å². The van der Waals surface area contributed by atoms with Gasteiger partial charge in [0.15, 0.2) is 0 Å². The second-order valence-electron chi connectivity index (χ2n) is 6.19. The van der Waals surface area contributed by atoms with Gasteiger partial charge in [-0.05, 0) is 63.1 Å². The van der Waals surface area contributed by atoms with E-state index in [1.54, 1.807) is 0 Å². The van der Waals surface area contributed by atoms with Crippen molar-refractivity contribution >= 4 is 0 Å². The Balaban J connectivity index is 2.04. The van der Waals surface area contributed by atoms with Crippen molar-refractivity contribution in [2.75, 3.05) is 20.1 Å². The van der Waals surface area contributed by atoms with Gasteiger partial charge in [-0.1, -0.05) is 26.0 Å². The number of hydrogen-bond donors (Lipinski definition) is 0. The maximum Gasteiger partial charge on any atom is -0.00164 e. The third-order valence-corrected chi connectivity index (χ3v) is 4.63. The summed E-state index contributed by atoms with van der Waals surface area (Å²) in [4.78, 5) is 2.47. The van der Waals surface area contributed by atoms with Crippen LogP contribution in [0.5, 0.6) is 0 Å². The van der Waals surface area contributed by atoms with Crippen LogP contribution in [0.2, 0.25) is 0 Å². The minimum Gasteiger partial charge on any atom is -0.306 e. The van der Waals surface area contributed by atoms with E-state index in [0.29, 0.717) is 5.41 Å². The van der Waals surface area contributed by atoms with E-state index in [-0.39, 0.29) is 0 Å². The van der Waals surface area contributed by atoms with E-state index in [2.05, 4.69) is 32.4 Å². The molecule has 0 aromatic rings. The Kier molecular flexibility index (Phi) is 2.94. The average molecular weight is 207 g/mol. The Labute approximate surface area is 94.5 Å². The summed E-state index contributed by atoms with van der Waals surface area (Å²) in [6, 6.07) is 0. The van der Waals surface area contributed by atoms with Gasteiger partial charge in [0.05, 0.1) is 0 Å². The van der Waals surface area contributed by atoms with Crippen LogP contribution in [0.15, 0.2) is 12.2 Å². The SMILES string of the molecule is C=C1CC2(CCN(C)CC2)CC1C(C)C. The van der Waals surface area contributed by atoms with Crippen molar-refractivity contribution in [3.63, 3.8) is 0 Å². The number of allylic oxidation sites excluding steroid dienone is 1. The molecule has 0 aromatic carbocycles. The molecule has 0 radical (unpaired) electrons. The van der Waals surface area contributed by atoms with Crippen LogP contribution in [0.4, 0.5) is 0 Å². The molecule has 1 atom stereocenters. The maximum absolute atomic E-state index is 4.31. The van der Waals surface area contributed by atoms with Crippen LogP contribution < -0.4 is 0 Å². The first-order chi connectivity index (χ1) is 7.02. The highest BCUT2D eigenvalue weighted by Gasteiger charge is 2.43. The number of piperidine rings is 1. The van der Waals surface area contributed by atoms with Gasteiger partial charge in [0, 0.05) is 0 Å². The third-order valence-electron chi connectivity index (χ3n) is 4.63. The number of rotatable bonds is 1. The number of nitrogens with zero attached hydrogens (tertiary/aromatic N) is 1. The molecule has 1 nitrogen and oxygen atoms in total. The zero-order valence-corrected chi connectivity index (χ0v) is 10.6. The highest BCUT2D eigenvalue weighted by molar-refractivity contribution is 5.15. The summed E-state index contributed by atoms with van der Waals surface area (Å²) >= 11 is 0.